The number of ether oxygens (including phenoxy) is 4. The fourth-order valence-corrected chi connectivity index (χ4v) is 16.6. The van der Waals surface area contributed by atoms with E-state index in [1.54, 1.807) is 71.9 Å². The van der Waals surface area contributed by atoms with Gasteiger partial charge in [-0.2, -0.15) is 0 Å². The largest absolute Gasteiger partial charge is 0.394 e. The van der Waals surface area contributed by atoms with E-state index in [1.807, 2.05) is 0 Å². The van der Waals surface area contributed by atoms with Crippen molar-refractivity contribution in [3.8, 4) is 0 Å². The van der Waals surface area contributed by atoms with E-state index in [0.717, 1.165) is 0 Å². The lowest BCUT2D eigenvalue weighted by molar-refractivity contribution is -0.0629. The van der Waals surface area contributed by atoms with Gasteiger partial charge in [0, 0.05) is 123 Å². The van der Waals surface area contributed by atoms with Gasteiger partial charge in [-0.1, -0.05) is 144 Å². The van der Waals surface area contributed by atoms with Crippen LogP contribution < -0.4 is 21.3 Å². The molecule has 0 bridgehead atoms. The third-order valence-electron chi connectivity index (χ3n) is 22.0. The molecule has 20 rings (SSSR count). The average Bonchev–Trinajstić information content (AvgIpc) is 1.49. The molecule has 4 aromatic carbocycles. The zero-order chi connectivity index (χ0) is 142. The monoisotopic (exact) mass is 2120 g/mol. The van der Waals surface area contributed by atoms with E-state index in [9.17, 15) is 78.8 Å². The molecule has 8 aliphatic rings. The molecule has 0 spiro atoms. The first-order chi connectivity index (χ1) is 85.3. The number of hydrogen-bond donors (Lipinski definition) is 16. The molecule has 144 heavy (non-hydrogen) atoms. The smallest absolute Gasteiger partial charge is 0.191 e. The highest BCUT2D eigenvalue weighted by Crippen LogP contribution is 2.50. The summed E-state index contributed by atoms with van der Waals surface area (Å²) in [6, 6.07) is -0.430. The quantitative estimate of drug-likeness (QED) is 0.00969. The van der Waals surface area contributed by atoms with Crippen molar-refractivity contribution in [3.05, 3.63) is 141 Å². The van der Waals surface area contributed by atoms with Crippen LogP contribution in [-0.2, 0) is 18.9 Å². The van der Waals surface area contributed by atoms with Crippen LogP contribution in [0.5, 0.6) is 0 Å². The molecule has 8 saturated carbocycles. The summed E-state index contributed by atoms with van der Waals surface area (Å²) in [5.74, 6) is -8.22. The first-order valence-corrected chi connectivity index (χ1v) is 47.2. The van der Waals surface area contributed by atoms with Crippen molar-refractivity contribution in [1.29, 1.82) is 0 Å². The van der Waals surface area contributed by atoms with Gasteiger partial charge in [-0.05, 0) is 148 Å². The lowest BCUT2D eigenvalue weighted by atomic mass is 10.1. The van der Waals surface area contributed by atoms with E-state index in [0.29, 0.717) is 96.2 Å². The van der Waals surface area contributed by atoms with Crippen LogP contribution >= 0.6 is 47.0 Å². The van der Waals surface area contributed by atoms with Gasteiger partial charge in [0.05, 0.1) is 134 Å². The Morgan fingerprint density at radius 1 is 0.354 bits per heavy atom. The second-order valence-electron chi connectivity index (χ2n) is 31.8. The number of aryl methyl sites for hydroxylation is 4. The highest BCUT2D eigenvalue weighted by atomic mass is 32.2. The highest BCUT2D eigenvalue weighted by Gasteiger charge is 2.51. The van der Waals surface area contributed by atoms with Gasteiger partial charge in [0.1, 0.15) is 71.9 Å². The number of hydrogen-bond acceptors (Lipinski definition) is 40. The zero-order valence-corrected chi connectivity index (χ0v) is 80.1. The lowest BCUT2D eigenvalue weighted by Crippen LogP contribution is -2.33. The highest BCUT2D eigenvalue weighted by molar-refractivity contribution is 7.99. The van der Waals surface area contributed by atoms with Crippen LogP contribution in [0.1, 0.15) is 257 Å². The van der Waals surface area contributed by atoms with Crippen molar-refractivity contribution in [3.63, 3.8) is 0 Å². The summed E-state index contributed by atoms with van der Waals surface area (Å²) < 4.78 is 446. The number of benzene rings is 4. The van der Waals surface area contributed by atoms with Crippen LogP contribution in [0.4, 0.5) is 40.8 Å². The van der Waals surface area contributed by atoms with Crippen molar-refractivity contribution < 1.29 is 158 Å². The van der Waals surface area contributed by atoms with E-state index >= 15 is 0 Å². The van der Waals surface area contributed by atoms with Crippen molar-refractivity contribution in [1.82, 2.24) is 99.8 Å². The summed E-state index contributed by atoms with van der Waals surface area (Å²) in [5.41, 5.74) is -8.84. The Labute approximate surface area is 905 Å². The standard InChI is InChI=1S/4C24H31FN6O4S/c4*1-3-8-36-24-27-22(26-16-10-14(16)13-5-4-12(2)15(25)9-13)19-23(28-24)31(30-29-19)17-11-18(35-7-6-32)21(34)20(17)33/h4*4-5,9,14,16-18,20-21,32-34H,3,6-8,10-11H2,1-2H3,(H,26,27,28)/t4*14-,16+,17+,18-,20-,21+/m0000/s1/i6D2,7D2,8D2,11D2,14D,17D,18D,20D,21D;7D2,8D2,11D2,14D,17D,18D,20D,21D;6D2,8D2,11D2,14D,17D,18D,20D,21D;8D2,11D2,14D,17D,18D,20D,21D. The van der Waals surface area contributed by atoms with E-state index in [2.05, 4.69) is 107 Å². The van der Waals surface area contributed by atoms with Crippen molar-refractivity contribution >= 4 is 115 Å². The molecule has 0 aliphatic heterocycles. The molecule has 8 fully saturated rings. The van der Waals surface area contributed by atoms with Crippen LogP contribution in [0.2, 0.25) is 0 Å². The maximum absolute atomic E-state index is 14.3. The summed E-state index contributed by atoms with van der Waals surface area (Å²) in [7, 11) is 0. The zero-order valence-electron chi connectivity index (χ0n) is 121. The molecule has 8 heterocycles. The first-order valence-electron chi connectivity index (χ1n) is 65.9. The minimum atomic E-state index is -4.32. The third-order valence-corrected chi connectivity index (χ3v) is 25.2. The van der Waals surface area contributed by atoms with Gasteiger partial charge in [0.15, 0.2) is 88.6 Å². The van der Waals surface area contributed by atoms with Crippen LogP contribution in [-0.4, -0.2) is 334 Å². The van der Waals surface area contributed by atoms with Gasteiger partial charge in [-0.15, -0.1) is 20.4 Å². The molecule has 8 aromatic heterocycles. The second kappa shape index (κ2) is 47.3. The Balaban J connectivity index is 0.000000164. The van der Waals surface area contributed by atoms with Gasteiger partial charge in [-0.3, -0.25) is 0 Å². The van der Waals surface area contributed by atoms with Crippen molar-refractivity contribution in [2.45, 2.75) is 298 Å². The van der Waals surface area contributed by atoms with Crippen LogP contribution in [0, 0.1) is 51.0 Å². The second-order valence-corrected chi connectivity index (χ2v) is 35.2. The number of nitrogens with one attached hydrogen (secondary N) is 4. The molecule has 24 atom stereocenters. The van der Waals surface area contributed by atoms with E-state index in [1.165, 1.54) is 56.3 Å². The molecular formula is C96H124F4N24O16S4. The van der Waals surface area contributed by atoms with Crippen molar-refractivity contribution in [2.24, 2.45) is 0 Å². The molecule has 0 saturated heterocycles. The fourth-order valence-electron chi connectivity index (χ4n) is 14.4. The van der Waals surface area contributed by atoms with Gasteiger partial charge in [0.2, 0.25) is 0 Å². The number of aromatic nitrogens is 20. The maximum atomic E-state index is 14.3. The van der Waals surface area contributed by atoms with Gasteiger partial charge in [0.25, 0.3) is 0 Å². The molecule has 12 aromatic rings. The summed E-state index contributed by atoms with van der Waals surface area (Å²) in [4.78, 5) is 33.8. The van der Waals surface area contributed by atoms with Gasteiger partial charge in [-0.25, -0.2) is 76.2 Å². The minimum absolute atomic E-state index is 0.00359. The molecule has 16 N–H and O–H groups in total. The predicted octanol–water partition coefficient (Wildman–Crippen LogP) is 8.73. The van der Waals surface area contributed by atoms with Gasteiger partial charge < -0.3 is 101 Å². The number of anilines is 4. The number of nitrogens with zero attached hydrogens (tertiary/aromatic N) is 20. The van der Waals surface area contributed by atoms with E-state index in [-0.39, 0.29) is 121 Å². The molecular weight excluding hydrogens is 1950 g/mol. The molecule has 776 valence electrons. The summed E-state index contributed by atoms with van der Waals surface area (Å²) in [6.07, 6.45) is -63.0. The molecule has 0 unspecified atom stereocenters. The van der Waals surface area contributed by atoms with Crippen LogP contribution in [0.3, 0.4) is 0 Å². The molecule has 48 heteroatoms. The Morgan fingerprint density at radius 2 is 0.611 bits per heavy atom. The minimum Gasteiger partial charge on any atom is -0.394 e. The first kappa shape index (κ1) is 63.3. The normalized spacial score (nSPS) is 44.5. The van der Waals surface area contributed by atoms with E-state index < -0.39 is 302 Å². The molecule has 0 amide bonds. The Hall–Kier alpha value is -9.52. The SMILES string of the molecule is [2H]C([2H])(CC)Sc1nc(N[C@@H]2C[C@@]2([2H])c2ccc(C)c(F)c2)c2nnn([C@]3([2H])C([2H])([2H])[C@]([2H])(OC([2H])([2H])C([2H])([2H])O)[C@@]([2H])(O)[C@@]3([2H])O)c2n1.[2H]C([2H])(CC)Sc1nc(N[C@@H]2C[C@@]2([2H])c2ccc(C)c(F)c2)c2nnn([C@]3([2H])C([2H])([2H])[C@]([2H])(OCCO)[C@@]([2H])(O)[C@@]3([2H])O)c2n1.[2H]C([2H])(CO)O[C@@]1([2H])C([2H])([2H])[C@@]([2H])(n2nnc3c(N[C@@H]4C[C@@]4([2H])c4ccc(C)c(F)c4)nc(SC([2H])([2H])CC)nc32)[C@]([2H])(O)[C@]1([2H])O.[2H]C([2H])(O)CO[C@@]1([2H])C([2H])([2H])[C@@]([2H])(n2nnc3c(N[C@@H]4C[C@@]4([2H])c4ccc(C)c(F)c4)nc(SC([2H])([2H])CC)nc32)[C@]([2H])(O)[C@]1([2H])O. The van der Waals surface area contributed by atoms with Crippen molar-refractivity contribution in [2.75, 3.05) is 96.8 Å². The number of thioether (sulfide) groups is 4. The summed E-state index contributed by atoms with van der Waals surface area (Å²) in [6.45, 7) is -6.71. The topological polar surface area (TPSA) is 554 Å². The fraction of sp³-hybridized carbons (Fsp3) is 0.583. The third kappa shape index (κ3) is 23.8. The maximum Gasteiger partial charge on any atom is 0.191 e. The van der Waals surface area contributed by atoms with E-state index in [4.69, 9.17) is 74.5 Å². The van der Waals surface area contributed by atoms with Crippen LogP contribution in [0.25, 0.3) is 44.7 Å². The number of halogens is 4. The average molecular weight is 2120 g/mol. The lowest BCUT2D eigenvalue weighted by Gasteiger charge is -2.17. The number of aliphatic hydroxyl groups excluding tert-OH is 2. The number of fused-ring (bicyclic) bond motifs is 4. The number of aliphatic hydroxyl groups is 12. The Morgan fingerprint density at radius 3 is 0.847 bits per heavy atom. The van der Waals surface area contributed by atoms with Gasteiger partial charge >= 0.3 is 0 Å². The summed E-state index contributed by atoms with van der Waals surface area (Å²) >= 11 is 2.02. The molecule has 8 aliphatic carbocycles. The summed E-state index contributed by atoms with van der Waals surface area (Å²) in [5, 5.41) is 167. The predicted molar refractivity (Wildman–Crippen MR) is 530 cm³/mol. The Kier molecular flexibility index (Phi) is 20.8. The Bertz CT molecular complexity index is 8920. The molecule has 40 nitrogen and oxygen atoms in total. The molecule has 0 radical (unpaired) electrons. The number of rotatable bonds is 40. The van der Waals surface area contributed by atoms with Crippen LogP contribution in [0.15, 0.2) is 93.4 Å².